The molecule has 1 heterocycles. The number of rotatable bonds is 6. The third-order valence-electron chi connectivity index (χ3n) is 4.39. The molecule has 0 bridgehead atoms. The monoisotopic (exact) mass is 416 g/mol. The molecule has 0 radical (unpaired) electrons. The predicted octanol–water partition coefficient (Wildman–Crippen LogP) is 2.97. The van der Waals surface area contributed by atoms with Crippen LogP contribution in [0, 0.1) is 11.6 Å². The molecule has 0 aromatic heterocycles. The zero-order chi connectivity index (χ0) is 19.4. The molecule has 3 rings (SSSR count). The van der Waals surface area contributed by atoms with Crippen LogP contribution in [0.15, 0.2) is 47.4 Å². The normalized spacial score (nSPS) is 17.0. The molecule has 5 nitrogen and oxygen atoms in total. The molecule has 1 fully saturated rings. The van der Waals surface area contributed by atoms with Crippen molar-refractivity contribution in [2.45, 2.75) is 10.9 Å². The highest BCUT2D eigenvalue weighted by Crippen LogP contribution is 2.24. The van der Waals surface area contributed by atoms with E-state index in [-0.39, 0.29) is 23.4 Å². The van der Waals surface area contributed by atoms with E-state index in [0.29, 0.717) is 26.3 Å². The highest BCUT2D eigenvalue weighted by atomic mass is 35.5. The van der Waals surface area contributed by atoms with Crippen LogP contribution in [0.5, 0.6) is 0 Å². The van der Waals surface area contributed by atoms with Crippen LogP contribution in [0.25, 0.3) is 0 Å². The number of sulfonamides is 1. The molecule has 27 heavy (non-hydrogen) atoms. The number of benzene rings is 2. The Morgan fingerprint density at radius 1 is 1.11 bits per heavy atom. The third-order valence-corrected chi connectivity index (χ3v) is 6.08. The van der Waals surface area contributed by atoms with Crippen LogP contribution in [0.1, 0.15) is 11.6 Å². The molecule has 1 unspecified atom stereocenters. The van der Waals surface area contributed by atoms with E-state index in [0.717, 1.165) is 17.7 Å². The number of hydrogen-bond acceptors (Lipinski definition) is 4. The second-order valence-corrected chi connectivity index (χ2v) is 8.31. The minimum atomic E-state index is -4.07. The van der Waals surface area contributed by atoms with E-state index in [1.807, 2.05) is 0 Å². The third kappa shape index (κ3) is 5.03. The molecule has 2 aromatic rings. The highest BCUT2D eigenvalue weighted by Gasteiger charge is 2.26. The lowest BCUT2D eigenvalue weighted by Gasteiger charge is -2.34. The van der Waals surface area contributed by atoms with Crippen molar-refractivity contribution < 1.29 is 21.9 Å². The summed E-state index contributed by atoms with van der Waals surface area (Å²) in [7, 11) is -4.07. The lowest BCUT2D eigenvalue weighted by atomic mass is 10.0. The van der Waals surface area contributed by atoms with Crippen molar-refractivity contribution in [1.82, 2.24) is 9.62 Å². The average molecular weight is 417 g/mol. The van der Waals surface area contributed by atoms with Crippen LogP contribution in [-0.4, -0.2) is 46.2 Å². The van der Waals surface area contributed by atoms with Crippen LogP contribution < -0.4 is 4.72 Å². The lowest BCUT2D eigenvalue weighted by Crippen LogP contribution is -2.43. The molecule has 1 saturated heterocycles. The first-order valence-corrected chi connectivity index (χ1v) is 10.2. The number of morpholine rings is 1. The van der Waals surface area contributed by atoms with Gasteiger partial charge >= 0.3 is 0 Å². The first-order valence-electron chi connectivity index (χ1n) is 8.39. The van der Waals surface area contributed by atoms with E-state index in [1.54, 1.807) is 12.1 Å². The van der Waals surface area contributed by atoms with Crippen LogP contribution >= 0.6 is 11.6 Å². The van der Waals surface area contributed by atoms with Gasteiger partial charge in [0.05, 0.1) is 13.2 Å². The van der Waals surface area contributed by atoms with E-state index in [4.69, 9.17) is 16.3 Å². The summed E-state index contributed by atoms with van der Waals surface area (Å²) in [6.07, 6.45) is 0. The van der Waals surface area contributed by atoms with Gasteiger partial charge in [-0.15, -0.1) is 0 Å². The van der Waals surface area contributed by atoms with Gasteiger partial charge in [0.25, 0.3) is 0 Å². The molecule has 1 aliphatic rings. The number of halogens is 3. The smallest absolute Gasteiger partial charge is 0.243 e. The molecule has 146 valence electrons. The summed E-state index contributed by atoms with van der Waals surface area (Å²) in [5.41, 5.74) is 0.762. The number of nitrogens with zero attached hydrogens (tertiary/aromatic N) is 1. The van der Waals surface area contributed by atoms with Gasteiger partial charge in [0.2, 0.25) is 10.0 Å². The van der Waals surface area contributed by atoms with E-state index in [1.165, 1.54) is 18.2 Å². The second-order valence-electron chi connectivity index (χ2n) is 6.14. The van der Waals surface area contributed by atoms with Gasteiger partial charge in [-0.05, 0) is 35.9 Å². The van der Waals surface area contributed by atoms with Crippen LogP contribution in [0.4, 0.5) is 8.78 Å². The summed E-state index contributed by atoms with van der Waals surface area (Å²) in [4.78, 5) is 1.59. The number of nitrogens with one attached hydrogen (secondary N) is 1. The molecule has 0 amide bonds. The van der Waals surface area contributed by atoms with Crippen molar-refractivity contribution >= 4 is 21.6 Å². The summed E-state index contributed by atoms with van der Waals surface area (Å²) in [5.74, 6) is -1.29. The summed E-state index contributed by atoms with van der Waals surface area (Å²) in [5, 5.41) is 0.115. The van der Waals surface area contributed by atoms with Crippen LogP contribution in [0.2, 0.25) is 5.02 Å². The minimum absolute atomic E-state index is 0.00995. The fourth-order valence-electron chi connectivity index (χ4n) is 2.99. The van der Waals surface area contributed by atoms with E-state index in [2.05, 4.69) is 9.62 Å². The van der Waals surface area contributed by atoms with Crippen LogP contribution in [0.3, 0.4) is 0 Å². The van der Waals surface area contributed by atoms with Crippen LogP contribution in [-0.2, 0) is 14.8 Å². The Bertz CT molecular complexity index is 888. The molecule has 2 aromatic carbocycles. The van der Waals surface area contributed by atoms with Gasteiger partial charge in [-0.25, -0.2) is 21.9 Å². The Kier molecular flexibility index (Phi) is 6.44. The van der Waals surface area contributed by atoms with Crippen molar-refractivity contribution in [1.29, 1.82) is 0 Å². The molecule has 0 saturated carbocycles. The predicted molar refractivity (Wildman–Crippen MR) is 98.1 cm³/mol. The van der Waals surface area contributed by atoms with Gasteiger partial charge < -0.3 is 4.74 Å². The van der Waals surface area contributed by atoms with E-state index in [9.17, 15) is 17.2 Å². The lowest BCUT2D eigenvalue weighted by molar-refractivity contribution is 0.0172. The molecular weight excluding hydrogens is 398 g/mol. The molecule has 9 heteroatoms. The first kappa shape index (κ1) is 20.2. The van der Waals surface area contributed by atoms with Crippen molar-refractivity contribution in [2.75, 3.05) is 32.8 Å². The largest absolute Gasteiger partial charge is 0.379 e. The summed E-state index contributed by atoms with van der Waals surface area (Å²) in [6.45, 7) is 2.28. The maximum atomic E-state index is 14.0. The van der Waals surface area contributed by atoms with Crippen molar-refractivity contribution in [3.8, 4) is 0 Å². The number of ether oxygens (including phenoxy) is 1. The molecule has 0 spiro atoms. The Balaban J connectivity index is 1.82. The maximum absolute atomic E-state index is 14.0. The van der Waals surface area contributed by atoms with E-state index < -0.39 is 20.7 Å². The standard InChI is InChI=1S/C18H19ClF2N2O3S/c19-14-3-6-18(16(21)11-14)27(24,25)22-12-17(23-7-9-26-10-8-23)13-1-4-15(20)5-2-13/h1-6,11,17,22H,7-10,12H2. The average Bonchev–Trinajstić information content (AvgIpc) is 2.64. The van der Waals surface area contributed by atoms with Gasteiger partial charge in [0, 0.05) is 30.7 Å². The summed E-state index contributed by atoms with van der Waals surface area (Å²) < 4.78 is 60.2. The summed E-state index contributed by atoms with van der Waals surface area (Å²) >= 11 is 5.68. The Morgan fingerprint density at radius 2 is 1.78 bits per heavy atom. The Morgan fingerprint density at radius 3 is 2.41 bits per heavy atom. The molecule has 1 aliphatic heterocycles. The van der Waals surface area contributed by atoms with Gasteiger partial charge in [-0.3, -0.25) is 4.90 Å². The topological polar surface area (TPSA) is 58.6 Å². The van der Waals surface area contributed by atoms with E-state index >= 15 is 0 Å². The zero-order valence-corrected chi connectivity index (χ0v) is 15.9. The highest BCUT2D eigenvalue weighted by molar-refractivity contribution is 7.89. The fourth-order valence-corrected chi connectivity index (χ4v) is 4.25. The van der Waals surface area contributed by atoms with Crippen molar-refractivity contribution in [3.63, 3.8) is 0 Å². The first-order chi connectivity index (χ1) is 12.9. The van der Waals surface area contributed by atoms with Gasteiger partial charge in [0.15, 0.2) is 0 Å². The van der Waals surface area contributed by atoms with Gasteiger partial charge in [-0.2, -0.15) is 0 Å². The molecule has 1 atom stereocenters. The fraction of sp³-hybridized carbons (Fsp3) is 0.333. The Labute approximate surface area is 161 Å². The van der Waals surface area contributed by atoms with Crippen molar-refractivity contribution in [3.05, 3.63) is 64.7 Å². The van der Waals surface area contributed by atoms with Gasteiger partial charge in [0.1, 0.15) is 16.5 Å². The van der Waals surface area contributed by atoms with Crippen molar-refractivity contribution in [2.24, 2.45) is 0 Å². The molecular formula is C18H19ClF2N2O3S. The van der Waals surface area contributed by atoms with Gasteiger partial charge in [-0.1, -0.05) is 23.7 Å². The number of hydrogen-bond donors (Lipinski definition) is 1. The molecule has 1 N–H and O–H groups in total. The minimum Gasteiger partial charge on any atom is -0.379 e. The zero-order valence-electron chi connectivity index (χ0n) is 14.4. The maximum Gasteiger partial charge on any atom is 0.243 e. The second kappa shape index (κ2) is 8.62. The SMILES string of the molecule is O=S(=O)(NCC(c1ccc(F)cc1)N1CCOCC1)c1ccc(Cl)cc1F. The summed E-state index contributed by atoms with van der Waals surface area (Å²) in [6, 6.07) is 8.96. The quantitative estimate of drug-likeness (QED) is 0.786. The molecule has 0 aliphatic carbocycles. The Hall–Kier alpha value is -1.58.